The Morgan fingerprint density at radius 2 is 2.21 bits per heavy atom. The Morgan fingerprint density at radius 3 is 2.96 bits per heavy atom. The largest absolute Gasteiger partial charge is 0.466 e. The maximum Gasteiger partial charge on any atom is 0.309 e. The molecule has 3 aromatic rings. The van der Waals surface area contributed by atoms with Crippen LogP contribution in [-0.4, -0.2) is 27.8 Å². The molecule has 1 N–H and O–H groups in total. The zero-order chi connectivity index (χ0) is 19.7. The van der Waals surface area contributed by atoms with Crippen LogP contribution in [0.3, 0.4) is 0 Å². The van der Waals surface area contributed by atoms with E-state index in [2.05, 4.69) is 16.3 Å². The van der Waals surface area contributed by atoms with E-state index in [1.54, 1.807) is 12.3 Å². The fraction of sp³-hybridized carbons (Fsp3) is 0.286. The van der Waals surface area contributed by atoms with Crippen molar-refractivity contribution in [3.05, 3.63) is 52.4 Å². The lowest BCUT2D eigenvalue weighted by Crippen LogP contribution is -2.20. The predicted molar refractivity (Wildman–Crippen MR) is 111 cm³/mol. The summed E-state index contributed by atoms with van der Waals surface area (Å²) in [6, 6.07) is 5.71. The molecule has 1 aromatic carbocycles. The van der Waals surface area contributed by atoms with E-state index < -0.39 is 0 Å². The third-order valence-electron chi connectivity index (χ3n) is 5.00. The Kier molecular flexibility index (Phi) is 5.38. The second-order valence-corrected chi connectivity index (χ2v) is 7.54. The number of hydrogen-bond acceptors (Lipinski definition) is 4. The second-order valence-electron chi connectivity index (χ2n) is 6.76. The van der Waals surface area contributed by atoms with E-state index in [9.17, 15) is 4.79 Å². The number of pyridine rings is 1. The summed E-state index contributed by atoms with van der Waals surface area (Å²) < 4.78 is 5.22. The molecule has 0 spiro atoms. The van der Waals surface area contributed by atoms with Crippen LogP contribution >= 0.6 is 23.2 Å². The number of hydrogen-bond donors (Lipinski definition) is 1. The van der Waals surface area contributed by atoms with E-state index in [0.717, 1.165) is 40.6 Å². The first kappa shape index (κ1) is 19.0. The topological polar surface area (TPSA) is 67.9 Å². The molecule has 2 heterocycles. The zero-order valence-corrected chi connectivity index (χ0v) is 16.8. The summed E-state index contributed by atoms with van der Waals surface area (Å²) >= 11 is 12.7. The van der Waals surface area contributed by atoms with Gasteiger partial charge in [0.2, 0.25) is 0 Å². The van der Waals surface area contributed by atoms with Crippen LogP contribution in [0.5, 0.6) is 0 Å². The van der Waals surface area contributed by atoms with E-state index in [1.165, 1.54) is 0 Å². The van der Waals surface area contributed by atoms with Gasteiger partial charge in [-0.2, -0.15) is 5.10 Å². The normalized spacial score (nSPS) is 16.8. The number of rotatable bonds is 4. The Balaban J connectivity index is 1.83. The number of ether oxygens (including phenoxy) is 1. The Morgan fingerprint density at radius 1 is 1.36 bits per heavy atom. The third-order valence-corrected chi connectivity index (χ3v) is 5.80. The van der Waals surface area contributed by atoms with Crippen LogP contribution in [0.25, 0.3) is 27.6 Å². The third kappa shape index (κ3) is 3.52. The van der Waals surface area contributed by atoms with Gasteiger partial charge in [-0.3, -0.25) is 9.89 Å². The lowest BCUT2D eigenvalue weighted by atomic mass is 9.86. The molecule has 28 heavy (non-hydrogen) atoms. The Labute approximate surface area is 172 Å². The molecule has 0 bridgehead atoms. The molecule has 144 valence electrons. The highest BCUT2D eigenvalue weighted by Crippen LogP contribution is 2.38. The van der Waals surface area contributed by atoms with Gasteiger partial charge >= 0.3 is 5.97 Å². The summed E-state index contributed by atoms with van der Waals surface area (Å²) in [4.78, 5) is 17.0. The van der Waals surface area contributed by atoms with E-state index in [4.69, 9.17) is 32.9 Å². The van der Waals surface area contributed by atoms with Gasteiger partial charge in [0, 0.05) is 17.1 Å². The standard InChI is InChI=1S/C21H19Cl2N3O2/c1-2-28-21(27)13-5-3-4-12(8-13)18-9-16(14-10-24-25-11-14)15-6-7-17(22)19(23)20(15)26-18/h4,6-7,9-11,13H,2-3,5,8H2,1H3,(H,24,25). The summed E-state index contributed by atoms with van der Waals surface area (Å²) in [7, 11) is 0. The molecule has 0 radical (unpaired) electrons. The van der Waals surface area contributed by atoms with Gasteiger partial charge in [0.15, 0.2) is 0 Å². The Hall–Kier alpha value is -2.37. The molecule has 0 aliphatic heterocycles. The smallest absolute Gasteiger partial charge is 0.309 e. The molecule has 0 fully saturated rings. The molecule has 0 amide bonds. The number of allylic oxidation sites excluding steroid dienone is 2. The fourth-order valence-electron chi connectivity index (χ4n) is 3.62. The number of aromatic amines is 1. The molecule has 4 rings (SSSR count). The number of aromatic nitrogens is 3. The van der Waals surface area contributed by atoms with Crippen LogP contribution in [0.2, 0.25) is 10.0 Å². The molecule has 2 aromatic heterocycles. The van der Waals surface area contributed by atoms with Gasteiger partial charge in [0.05, 0.1) is 40.0 Å². The molecule has 1 atom stereocenters. The number of nitrogens with one attached hydrogen (secondary N) is 1. The Bertz CT molecular complexity index is 1060. The van der Waals surface area contributed by atoms with Crippen molar-refractivity contribution in [2.75, 3.05) is 6.61 Å². The predicted octanol–water partition coefficient (Wildman–Crippen LogP) is 5.68. The summed E-state index contributed by atoms with van der Waals surface area (Å²) in [5, 5.41) is 8.69. The van der Waals surface area contributed by atoms with Gasteiger partial charge in [-0.1, -0.05) is 35.3 Å². The molecule has 0 saturated carbocycles. The van der Waals surface area contributed by atoms with Crippen molar-refractivity contribution in [3.63, 3.8) is 0 Å². The van der Waals surface area contributed by atoms with Crippen LogP contribution in [-0.2, 0) is 9.53 Å². The lowest BCUT2D eigenvalue weighted by molar-refractivity contribution is -0.148. The first-order valence-corrected chi connectivity index (χ1v) is 9.98. The van der Waals surface area contributed by atoms with Crippen LogP contribution in [0.1, 0.15) is 31.9 Å². The first-order chi connectivity index (χ1) is 13.6. The van der Waals surface area contributed by atoms with Crippen molar-refractivity contribution >= 4 is 45.6 Å². The molecule has 1 aliphatic carbocycles. The van der Waals surface area contributed by atoms with Crippen LogP contribution < -0.4 is 0 Å². The van der Waals surface area contributed by atoms with Crippen molar-refractivity contribution in [3.8, 4) is 11.1 Å². The van der Waals surface area contributed by atoms with Crippen molar-refractivity contribution in [1.29, 1.82) is 0 Å². The lowest BCUT2D eigenvalue weighted by Gasteiger charge is -2.22. The van der Waals surface area contributed by atoms with Crippen LogP contribution in [0, 0.1) is 5.92 Å². The summed E-state index contributed by atoms with van der Waals surface area (Å²) in [6.07, 6.45) is 7.93. The van der Waals surface area contributed by atoms with E-state index in [-0.39, 0.29) is 11.9 Å². The highest BCUT2D eigenvalue weighted by Gasteiger charge is 2.25. The average molecular weight is 416 g/mol. The molecule has 0 saturated heterocycles. The summed E-state index contributed by atoms with van der Waals surface area (Å²) in [6.45, 7) is 2.21. The molecule has 5 nitrogen and oxygen atoms in total. The molecule has 7 heteroatoms. The van der Waals surface area contributed by atoms with Crippen molar-refractivity contribution < 1.29 is 9.53 Å². The number of benzene rings is 1. The monoisotopic (exact) mass is 415 g/mol. The van der Waals surface area contributed by atoms with Crippen molar-refractivity contribution in [2.45, 2.75) is 26.2 Å². The maximum atomic E-state index is 12.2. The quantitative estimate of drug-likeness (QED) is 0.556. The summed E-state index contributed by atoms with van der Waals surface area (Å²) in [5.41, 5.74) is 4.35. The SMILES string of the molecule is CCOC(=O)C1CCC=C(c2cc(-c3cn[nH]c3)c3ccc(Cl)c(Cl)c3n2)C1. The number of halogens is 2. The van der Waals surface area contributed by atoms with Gasteiger partial charge in [-0.05, 0) is 49.5 Å². The minimum absolute atomic E-state index is 0.148. The van der Waals surface area contributed by atoms with Gasteiger partial charge in [-0.15, -0.1) is 0 Å². The molecule has 1 aliphatic rings. The minimum atomic E-state index is -0.148. The van der Waals surface area contributed by atoms with E-state index in [0.29, 0.717) is 28.6 Å². The van der Waals surface area contributed by atoms with Crippen LogP contribution in [0.15, 0.2) is 36.7 Å². The second kappa shape index (κ2) is 7.94. The average Bonchev–Trinajstić information content (AvgIpc) is 3.25. The first-order valence-electron chi connectivity index (χ1n) is 9.22. The highest BCUT2D eigenvalue weighted by molar-refractivity contribution is 6.45. The van der Waals surface area contributed by atoms with E-state index in [1.807, 2.05) is 25.3 Å². The van der Waals surface area contributed by atoms with Crippen LogP contribution in [0.4, 0.5) is 0 Å². The highest BCUT2D eigenvalue weighted by atomic mass is 35.5. The number of esters is 1. The fourth-order valence-corrected chi connectivity index (χ4v) is 3.97. The minimum Gasteiger partial charge on any atom is -0.466 e. The maximum absolute atomic E-state index is 12.2. The number of carbonyl (C=O) groups is 1. The van der Waals surface area contributed by atoms with Gasteiger partial charge in [0.1, 0.15) is 0 Å². The van der Waals surface area contributed by atoms with Crippen molar-refractivity contribution in [1.82, 2.24) is 15.2 Å². The van der Waals surface area contributed by atoms with Gasteiger partial charge in [-0.25, -0.2) is 4.98 Å². The van der Waals surface area contributed by atoms with E-state index >= 15 is 0 Å². The number of H-pyrrole nitrogens is 1. The molecular weight excluding hydrogens is 397 g/mol. The number of carbonyl (C=O) groups excluding carboxylic acids is 1. The van der Waals surface area contributed by atoms with Gasteiger partial charge < -0.3 is 4.74 Å². The number of nitrogens with zero attached hydrogens (tertiary/aromatic N) is 2. The van der Waals surface area contributed by atoms with Gasteiger partial charge in [0.25, 0.3) is 0 Å². The number of fused-ring (bicyclic) bond motifs is 1. The summed E-state index contributed by atoms with van der Waals surface area (Å²) in [5.74, 6) is -0.297. The van der Waals surface area contributed by atoms with Crippen molar-refractivity contribution in [2.24, 2.45) is 5.92 Å². The zero-order valence-electron chi connectivity index (χ0n) is 15.3. The molecule has 1 unspecified atom stereocenters. The molecular formula is C21H19Cl2N3O2.